The Balaban J connectivity index is 1.71. The third-order valence-electron chi connectivity index (χ3n) is 6.02. The molecule has 1 heterocycles. The predicted octanol–water partition coefficient (Wildman–Crippen LogP) is 7.12. The lowest BCUT2D eigenvalue weighted by molar-refractivity contribution is -0.119. The van der Waals surface area contributed by atoms with Gasteiger partial charge < -0.3 is 4.90 Å². The summed E-state index contributed by atoms with van der Waals surface area (Å²) in [6.45, 7) is 2.55. The highest BCUT2D eigenvalue weighted by molar-refractivity contribution is 9.10. The second-order valence-corrected chi connectivity index (χ2v) is 9.03. The number of hydrogen-bond donors (Lipinski definition) is 0. The molecule has 1 unspecified atom stereocenters. The van der Waals surface area contributed by atoms with E-state index >= 15 is 0 Å². The van der Waals surface area contributed by atoms with Crippen molar-refractivity contribution in [1.29, 1.82) is 0 Å². The minimum atomic E-state index is -0.333. The lowest BCUT2D eigenvalue weighted by Gasteiger charge is -2.35. The van der Waals surface area contributed by atoms with Crippen LogP contribution in [0.3, 0.4) is 0 Å². The van der Waals surface area contributed by atoms with E-state index in [2.05, 4.69) is 47.1 Å². The van der Waals surface area contributed by atoms with E-state index < -0.39 is 0 Å². The molecule has 4 aromatic rings. The van der Waals surface area contributed by atoms with E-state index in [1.807, 2.05) is 41.3 Å². The first-order valence-electron chi connectivity index (χ1n) is 10.3. The average molecular weight is 474 g/mol. The summed E-state index contributed by atoms with van der Waals surface area (Å²) < 4.78 is 15.7. The van der Waals surface area contributed by atoms with Gasteiger partial charge >= 0.3 is 0 Å². The van der Waals surface area contributed by atoms with Gasteiger partial charge in [0.2, 0.25) is 5.91 Å². The van der Waals surface area contributed by atoms with Gasteiger partial charge in [0, 0.05) is 22.5 Å². The third-order valence-corrected chi connectivity index (χ3v) is 6.52. The summed E-state index contributed by atoms with van der Waals surface area (Å²) in [5.74, 6) is -0.611. The van der Waals surface area contributed by atoms with E-state index in [4.69, 9.17) is 0 Å². The molecule has 1 aliphatic rings. The van der Waals surface area contributed by atoms with Crippen LogP contribution in [0.4, 0.5) is 10.1 Å². The zero-order valence-corrected chi connectivity index (χ0v) is 18.7. The zero-order valence-electron chi connectivity index (χ0n) is 17.1. The number of hydrogen-bond acceptors (Lipinski definition) is 1. The van der Waals surface area contributed by atoms with Crippen LogP contribution in [0.25, 0.3) is 10.8 Å². The van der Waals surface area contributed by atoms with Gasteiger partial charge in [-0.2, -0.15) is 0 Å². The van der Waals surface area contributed by atoms with Gasteiger partial charge in [-0.1, -0.05) is 76.1 Å². The Morgan fingerprint density at radius 1 is 1.00 bits per heavy atom. The van der Waals surface area contributed by atoms with Crippen molar-refractivity contribution in [2.75, 3.05) is 4.90 Å². The number of benzene rings is 4. The van der Waals surface area contributed by atoms with E-state index in [1.165, 1.54) is 6.07 Å². The highest BCUT2D eigenvalue weighted by Gasteiger charge is 2.35. The van der Waals surface area contributed by atoms with Gasteiger partial charge in [-0.25, -0.2) is 4.39 Å². The number of aryl methyl sites for hydroxylation is 1. The number of nitrogens with zero attached hydrogens (tertiary/aromatic N) is 1. The topological polar surface area (TPSA) is 20.3 Å². The Kier molecular flexibility index (Phi) is 5.11. The highest BCUT2D eigenvalue weighted by Crippen LogP contribution is 2.45. The first-order chi connectivity index (χ1) is 15.0. The van der Waals surface area contributed by atoms with Crippen molar-refractivity contribution in [2.45, 2.75) is 25.8 Å². The van der Waals surface area contributed by atoms with Crippen LogP contribution < -0.4 is 4.90 Å². The average Bonchev–Trinajstić information content (AvgIpc) is 2.77. The maximum Gasteiger partial charge on any atom is 0.228 e. The molecule has 0 radical (unpaired) electrons. The third kappa shape index (κ3) is 3.66. The fourth-order valence-electron chi connectivity index (χ4n) is 4.62. The summed E-state index contributed by atoms with van der Waals surface area (Å²) in [4.78, 5) is 15.2. The van der Waals surface area contributed by atoms with E-state index in [1.54, 1.807) is 12.1 Å². The van der Waals surface area contributed by atoms with Crippen LogP contribution in [-0.2, 0) is 11.3 Å². The van der Waals surface area contributed by atoms with Crippen LogP contribution in [0.15, 0.2) is 83.3 Å². The van der Waals surface area contributed by atoms with E-state index in [0.29, 0.717) is 12.1 Å². The Hall–Kier alpha value is -2.98. The number of amides is 1. The second kappa shape index (κ2) is 7.93. The smallest absolute Gasteiger partial charge is 0.228 e. The van der Waals surface area contributed by atoms with Crippen LogP contribution in [0.5, 0.6) is 0 Å². The minimum Gasteiger partial charge on any atom is -0.308 e. The molecule has 5 rings (SSSR count). The molecule has 0 fully saturated rings. The molecule has 0 spiro atoms. The van der Waals surface area contributed by atoms with Gasteiger partial charge in [-0.3, -0.25) is 4.79 Å². The highest BCUT2D eigenvalue weighted by atomic mass is 79.9. The number of fused-ring (bicyclic) bond motifs is 3. The molecule has 1 atom stereocenters. The van der Waals surface area contributed by atoms with Crippen LogP contribution in [-0.4, -0.2) is 5.91 Å². The summed E-state index contributed by atoms with van der Waals surface area (Å²) in [5, 5.41) is 2.15. The molecule has 0 saturated heterocycles. The minimum absolute atomic E-state index is 0.00802. The maximum absolute atomic E-state index is 14.9. The van der Waals surface area contributed by atoms with Crippen molar-refractivity contribution in [3.8, 4) is 0 Å². The standard InChI is InChI=1S/C27H21BrFNO/c1-17-5-4-6-18(13-17)16-30-25-12-9-19-7-2-3-8-21(19)27(25)23(15-26(30)31)22-14-20(28)10-11-24(22)29/h2-14,23H,15-16H2,1H3. The van der Waals surface area contributed by atoms with E-state index in [-0.39, 0.29) is 24.1 Å². The van der Waals surface area contributed by atoms with E-state index in [0.717, 1.165) is 37.6 Å². The molecule has 4 heteroatoms. The Morgan fingerprint density at radius 3 is 2.68 bits per heavy atom. The van der Waals surface area contributed by atoms with Crippen molar-refractivity contribution in [2.24, 2.45) is 0 Å². The number of carbonyl (C=O) groups is 1. The molecule has 0 N–H and O–H groups in total. The van der Waals surface area contributed by atoms with Crippen molar-refractivity contribution < 1.29 is 9.18 Å². The molecule has 154 valence electrons. The zero-order chi connectivity index (χ0) is 21.5. The molecule has 0 bridgehead atoms. The van der Waals surface area contributed by atoms with Gasteiger partial charge in [0.1, 0.15) is 5.82 Å². The molecule has 2 nitrogen and oxygen atoms in total. The van der Waals surface area contributed by atoms with Crippen molar-refractivity contribution in [1.82, 2.24) is 0 Å². The summed E-state index contributed by atoms with van der Waals surface area (Å²) in [7, 11) is 0. The van der Waals surface area contributed by atoms with Crippen molar-refractivity contribution in [3.63, 3.8) is 0 Å². The number of halogens is 2. The molecule has 0 saturated carbocycles. The number of anilines is 1. The summed E-state index contributed by atoms with van der Waals surface area (Å²) in [6.07, 6.45) is 0.236. The summed E-state index contributed by atoms with van der Waals surface area (Å²) in [6, 6.07) is 25.4. The van der Waals surface area contributed by atoms with Crippen LogP contribution in [0.2, 0.25) is 0 Å². The number of carbonyl (C=O) groups excluding carboxylic acids is 1. The molecular weight excluding hydrogens is 453 g/mol. The van der Waals surface area contributed by atoms with Crippen LogP contribution >= 0.6 is 15.9 Å². The largest absolute Gasteiger partial charge is 0.308 e. The monoisotopic (exact) mass is 473 g/mol. The van der Waals surface area contributed by atoms with E-state index in [9.17, 15) is 9.18 Å². The fraction of sp³-hybridized carbons (Fsp3) is 0.148. The van der Waals surface area contributed by atoms with Gasteiger partial charge in [-0.15, -0.1) is 0 Å². The molecule has 4 aromatic carbocycles. The first kappa shape index (κ1) is 20.0. The lowest BCUT2D eigenvalue weighted by atomic mass is 9.81. The second-order valence-electron chi connectivity index (χ2n) is 8.11. The van der Waals surface area contributed by atoms with Gasteiger partial charge in [-0.05, 0) is 58.7 Å². The Morgan fingerprint density at radius 2 is 1.84 bits per heavy atom. The van der Waals surface area contributed by atoms with Gasteiger partial charge in [0.05, 0.1) is 6.54 Å². The Labute approximate surface area is 189 Å². The fourth-order valence-corrected chi connectivity index (χ4v) is 5.00. The molecule has 0 aromatic heterocycles. The molecule has 1 aliphatic heterocycles. The van der Waals surface area contributed by atoms with Crippen LogP contribution in [0, 0.1) is 12.7 Å². The summed E-state index contributed by atoms with van der Waals surface area (Å²) >= 11 is 3.47. The predicted molar refractivity (Wildman–Crippen MR) is 127 cm³/mol. The normalized spacial score (nSPS) is 15.9. The van der Waals surface area contributed by atoms with Crippen molar-refractivity contribution >= 4 is 38.3 Å². The molecule has 0 aliphatic carbocycles. The quantitative estimate of drug-likeness (QED) is 0.310. The van der Waals surface area contributed by atoms with Crippen LogP contribution in [0.1, 0.15) is 34.6 Å². The lowest BCUT2D eigenvalue weighted by Crippen LogP contribution is -2.36. The van der Waals surface area contributed by atoms with Gasteiger partial charge in [0.25, 0.3) is 0 Å². The first-order valence-corrected chi connectivity index (χ1v) is 11.1. The molecular formula is C27H21BrFNO. The SMILES string of the molecule is Cc1cccc(CN2C(=O)CC(c3cc(Br)ccc3F)c3c2ccc2ccccc32)c1. The summed E-state index contributed by atoms with van der Waals surface area (Å²) in [5.41, 5.74) is 4.67. The van der Waals surface area contributed by atoms with Crippen molar-refractivity contribution in [3.05, 3.63) is 111 Å². The molecule has 1 amide bonds. The number of rotatable bonds is 3. The maximum atomic E-state index is 14.9. The van der Waals surface area contributed by atoms with Gasteiger partial charge in [0.15, 0.2) is 0 Å². The molecule has 31 heavy (non-hydrogen) atoms. The Bertz CT molecular complexity index is 1320.